The van der Waals surface area contributed by atoms with E-state index in [9.17, 15) is 4.79 Å². The maximum Gasteiger partial charge on any atom is 0.305 e. The van der Waals surface area contributed by atoms with Crippen molar-refractivity contribution in [3.63, 3.8) is 0 Å². The number of rotatable bonds is 7. The van der Waals surface area contributed by atoms with Crippen molar-refractivity contribution in [3.8, 4) is 0 Å². The van der Waals surface area contributed by atoms with E-state index in [0.29, 0.717) is 24.2 Å². The first-order valence-electron chi connectivity index (χ1n) is 6.09. The number of anilines is 2. The standard InChI is InChI=1S/C12H20N4O2/c1-4-8(2)14-11-7-10(15-9(3)16-11)13-6-5-12(17)18/h7-8H,4-6H2,1-3H3,(H,17,18)(H2,13,14,15,16). The summed E-state index contributed by atoms with van der Waals surface area (Å²) in [4.78, 5) is 18.9. The molecule has 0 spiro atoms. The van der Waals surface area contributed by atoms with Crippen LogP contribution in [0.1, 0.15) is 32.5 Å². The normalized spacial score (nSPS) is 11.9. The molecule has 1 aromatic rings. The molecule has 0 fully saturated rings. The van der Waals surface area contributed by atoms with E-state index in [-0.39, 0.29) is 6.42 Å². The van der Waals surface area contributed by atoms with Gasteiger partial charge in [0, 0.05) is 18.7 Å². The van der Waals surface area contributed by atoms with Crippen molar-refractivity contribution < 1.29 is 9.90 Å². The van der Waals surface area contributed by atoms with Crippen molar-refractivity contribution in [2.24, 2.45) is 0 Å². The van der Waals surface area contributed by atoms with E-state index >= 15 is 0 Å². The first kappa shape index (κ1) is 14.2. The van der Waals surface area contributed by atoms with E-state index in [1.807, 2.05) is 6.92 Å². The van der Waals surface area contributed by atoms with E-state index in [1.54, 1.807) is 6.07 Å². The summed E-state index contributed by atoms with van der Waals surface area (Å²) in [5.41, 5.74) is 0. The van der Waals surface area contributed by atoms with Crippen LogP contribution in [0, 0.1) is 6.92 Å². The molecule has 18 heavy (non-hydrogen) atoms. The second kappa shape index (κ2) is 6.78. The highest BCUT2D eigenvalue weighted by atomic mass is 16.4. The van der Waals surface area contributed by atoms with Gasteiger partial charge >= 0.3 is 5.97 Å². The molecule has 6 heteroatoms. The third kappa shape index (κ3) is 4.99. The minimum absolute atomic E-state index is 0.0666. The Morgan fingerprint density at radius 1 is 1.44 bits per heavy atom. The largest absolute Gasteiger partial charge is 0.481 e. The number of carbonyl (C=O) groups is 1. The second-order valence-corrected chi connectivity index (χ2v) is 4.21. The molecule has 0 saturated carbocycles. The van der Waals surface area contributed by atoms with Crippen LogP contribution in [0.25, 0.3) is 0 Å². The number of nitrogens with zero attached hydrogens (tertiary/aromatic N) is 2. The van der Waals surface area contributed by atoms with E-state index in [1.165, 1.54) is 0 Å². The average Bonchev–Trinajstić information content (AvgIpc) is 2.27. The summed E-state index contributed by atoms with van der Waals surface area (Å²) in [6, 6.07) is 2.13. The first-order valence-corrected chi connectivity index (χ1v) is 6.09. The Kier molecular flexibility index (Phi) is 5.35. The van der Waals surface area contributed by atoms with Crippen LogP contribution < -0.4 is 10.6 Å². The zero-order valence-electron chi connectivity index (χ0n) is 11.0. The van der Waals surface area contributed by atoms with Gasteiger partial charge in [0.25, 0.3) is 0 Å². The monoisotopic (exact) mass is 252 g/mol. The highest BCUT2D eigenvalue weighted by Crippen LogP contribution is 2.12. The number of hydrogen-bond donors (Lipinski definition) is 3. The predicted octanol–water partition coefficient (Wildman–Crippen LogP) is 1.88. The average molecular weight is 252 g/mol. The topological polar surface area (TPSA) is 87.1 Å². The van der Waals surface area contributed by atoms with E-state index in [0.717, 1.165) is 12.2 Å². The van der Waals surface area contributed by atoms with Crippen LogP contribution in [0.4, 0.5) is 11.6 Å². The van der Waals surface area contributed by atoms with Gasteiger partial charge in [-0.25, -0.2) is 9.97 Å². The lowest BCUT2D eigenvalue weighted by atomic mass is 10.2. The van der Waals surface area contributed by atoms with Gasteiger partial charge in [-0.05, 0) is 20.3 Å². The number of nitrogens with one attached hydrogen (secondary N) is 2. The molecule has 0 bridgehead atoms. The van der Waals surface area contributed by atoms with Crippen LogP contribution in [0.3, 0.4) is 0 Å². The number of aromatic nitrogens is 2. The summed E-state index contributed by atoms with van der Waals surface area (Å²) in [7, 11) is 0. The lowest BCUT2D eigenvalue weighted by Crippen LogP contribution is -2.16. The molecule has 1 atom stereocenters. The zero-order valence-corrected chi connectivity index (χ0v) is 11.0. The smallest absolute Gasteiger partial charge is 0.305 e. The maximum atomic E-state index is 10.4. The third-order valence-electron chi connectivity index (χ3n) is 2.49. The van der Waals surface area contributed by atoms with Gasteiger partial charge in [-0.15, -0.1) is 0 Å². The van der Waals surface area contributed by atoms with Gasteiger partial charge in [-0.2, -0.15) is 0 Å². The first-order chi connectivity index (χ1) is 8.51. The van der Waals surface area contributed by atoms with E-state index < -0.39 is 5.97 Å². The molecule has 3 N–H and O–H groups in total. The van der Waals surface area contributed by atoms with Gasteiger partial charge in [0.1, 0.15) is 17.5 Å². The van der Waals surface area contributed by atoms with Gasteiger partial charge in [0.05, 0.1) is 6.42 Å². The molecule has 1 aromatic heterocycles. The van der Waals surface area contributed by atoms with Gasteiger partial charge in [0.15, 0.2) is 0 Å². The maximum absolute atomic E-state index is 10.4. The van der Waals surface area contributed by atoms with Crippen molar-refractivity contribution in [3.05, 3.63) is 11.9 Å². The summed E-state index contributed by atoms with van der Waals surface area (Å²) in [6.07, 6.45) is 1.07. The number of carboxylic acids is 1. The van der Waals surface area contributed by atoms with E-state index in [4.69, 9.17) is 5.11 Å². The summed E-state index contributed by atoms with van der Waals surface area (Å²) < 4.78 is 0. The molecule has 0 radical (unpaired) electrons. The molecule has 0 amide bonds. The summed E-state index contributed by atoms with van der Waals surface area (Å²) in [5, 5.41) is 14.8. The molecule has 0 aliphatic heterocycles. The van der Waals surface area contributed by atoms with Crippen LogP contribution >= 0.6 is 0 Å². The molecule has 100 valence electrons. The Morgan fingerprint density at radius 3 is 2.72 bits per heavy atom. The lowest BCUT2D eigenvalue weighted by Gasteiger charge is -2.13. The molecular weight excluding hydrogens is 232 g/mol. The summed E-state index contributed by atoms with van der Waals surface area (Å²) in [5.74, 6) is 1.23. The number of aliphatic carboxylic acids is 1. The Bertz CT molecular complexity index is 409. The molecule has 0 aliphatic carbocycles. The van der Waals surface area contributed by atoms with Crippen molar-refractivity contribution in [2.75, 3.05) is 17.2 Å². The van der Waals surface area contributed by atoms with Gasteiger partial charge in [0.2, 0.25) is 0 Å². The lowest BCUT2D eigenvalue weighted by molar-refractivity contribution is -0.136. The summed E-state index contributed by atoms with van der Waals surface area (Å²) in [6.45, 7) is 6.34. The molecule has 1 heterocycles. The molecule has 0 saturated heterocycles. The highest BCUT2D eigenvalue weighted by Gasteiger charge is 2.05. The SMILES string of the molecule is CCC(C)Nc1cc(NCCC(=O)O)nc(C)n1. The van der Waals surface area contributed by atoms with Crippen LogP contribution in [0.2, 0.25) is 0 Å². The fourth-order valence-electron chi connectivity index (χ4n) is 1.38. The number of carboxylic acid groups (broad SMARTS) is 1. The van der Waals surface area contributed by atoms with Crippen LogP contribution in [-0.4, -0.2) is 33.6 Å². The predicted molar refractivity (Wildman–Crippen MR) is 70.9 cm³/mol. The number of hydrogen-bond acceptors (Lipinski definition) is 5. The van der Waals surface area contributed by atoms with Crippen molar-refractivity contribution in [2.45, 2.75) is 39.7 Å². The van der Waals surface area contributed by atoms with Crippen molar-refractivity contribution >= 4 is 17.6 Å². The van der Waals surface area contributed by atoms with Gasteiger partial charge in [-0.3, -0.25) is 4.79 Å². The van der Waals surface area contributed by atoms with E-state index in [2.05, 4.69) is 34.4 Å². The number of aryl methyl sites for hydroxylation is 1. The Labute approximate surface area is 107 Å². The molecule has 0 aromatic carbocycles. The minimum Gasteiger partial charge on any atom is -0.481 e. The molecule has 1 unspecified atom stereocenters. The minimum atomic E-state index is -0.828. The molecular formula is C12H20N4O2. The second-order valence-electron chi connectivity index (χ2n) is 4.21. The fourth-order valence-corrected chi connectivity index (χ4v) is 1.38. The van der Waals surface area contributed by atoms with Gasteiger partial charge < -0.3 is 15.7 Å². The third-order valence-corrected chi connectivity index (χ3v) is 2.49. The fraction of sp³-hybridized carbons (Fsp3) is 0.583. The molecule has 6 nitrogen and oxygen atoms in total. The summed E-state index contributed by atoms with van der Waals surface area (Å²) >= 11 is 0. The molecule has 1 rings (SSSR count). The van der Waals surface area contributed by atoms with Crippen LogP contribution in [0.15, 0.2) is 6.07 Å². The highest BCUT2D eigenvalue weighted by molar-refractivity contribution is 5.67. The van der Waals surface area contributed by atoms with Crippen molar-refractivity contribution in [1.82, 2.24) is 9.97 Å². The zero-order chi connectivity index (χ0) is 13.5. The van der Waals surface area contributed by atoms with Crippen LogP contribution in [0.5, 0.6) is 0 Å². The Morgan fingerprint density at radius 2 is 2.11 bits per heavy atom. The Balaban J connectivity index is 2.65. The van der Waals surface area contributed by atoms with Gasteiger partial charge in [-0.1, -0.05) is 6.92 Å². The van der Waals surface area contributed by atoms with Crippen molar-refractivity contribution in [1.29, 1.82) is 0 Å². The molecule has 0 aliphatic rings. The Hall–Kier alpha value is -1.85. The van der Waals surface area contributed by atoms with Crippen LogP contribution in [-0.2, 0) is 4.79 Å². The quantitative estimate of drug-likeness (QED) is 0.687.